The third kappa shape index (κ3) is 6.10. The number of aliphatic hydroxyl groups is 1. The molecular formula is C8H15NO4. The van der Waals surface area contributed by atoms with Gasteiger partial charge in [0.2, 0.25) is 5.91 Å². The van der Waals surface area contributed by atoms with Gasteiger partial charge in [-0.3, -0.25) is 4.79 Å². The van der Waals surface area contributed by atoms with Crippen molar-refractivity contribution in [2.24, 2.45) is 0 Å². The number of carboxylic acids is 1. The number of nitrogens with one attached hydrogen (secondary N) is 1. The highest BCUT2D eigenvalue weighted by molar-refractivity contribution is 5.81. The lowest BCUT2D eigenvalue weighted by Gasteiger charge is -2.13. The van der Waals surface area contributed by atoms with E-state index in [1.807, 2.05) is 0 Å². The molecule has 76 valence electrons. The van der Waals surface area contributed by atoms with Crippen molar-refractivity contribution < 1.29 is 19.8 Å². The summed E-state index contributed by atoms with van der Waals surface area (Å²) < 4.78 is 0. The summed E-state index contributed by atoms with van der Waals surface area (Å²) in [6, 6.07) is -0.896. The Bertz CT molecular complexity index is 191. The van der Waals surface area contributed by atoms with E-state index < -0.39 is 18.1 Å². The van der Waals surface area contributed by atoms with E-state index in [0.29, 0.717) is 6.42 Å². The van der Waals surface area contributed by atoms with Crippen LogP contribution in [-0.4, -0.2) is 34.2 Å². The number of hydrogen-bond acceptors (Lipinski definition) is 3. The summed E-state index contributed by atoms with van der Waals surface area (Å²) in [6.45, 7) is 2.84. The van der Waals surface area contributed by atoms with Crippen LogP contribution in [0.4, 0.5) is 0 Å². The Morgan fingerprint density at radius 2 is 1.92 bits per heavy atom. The summed E-state index contributed by atoms with van der Waals surface area (Å²) in [5.41, 5.74) is 0. The molecule has 0 rings (SSSR count). The maximum Gasteiger partial charge on any atom is 0.326 e. The normalized spacial score (nSPS) is 14.7. The van der Waals surface area contributed by atoms with E-state index in [1.54, 1.807) is 6.92 Å². The van der Waals surface area contributed by atoms with Crippen molar-refractivity contribution in [3.63, 3.8) is 0 Å². The van der Waals surface area contributed by atoms with Gasteiger partial charge in [0.05, 0.1) is 6.10 Å². The van der Waals surface area contributed by atoms with Crippen LogP contribution in [0, 0.1) is 0 Å². The minimum Gasteiger partial charge on any atom is -0.480 e. The number of aliphatic carboxylic acids is 1. The van der Waals surface area contributed by atoms with Crippen molar-refractivity contribution in [3.8, 4) is 0 Å². The molecule has 1 amide bonds. The molecule has 2 unspecified atom stereocenters. The number of hydrogen-bond donors (Lipinski definition) is 3. The minimum atomic E-state index is -1.07. The lowest BCUT2D eigenvalue weighted by Crippen LogP contribution is -2.39. The topological polar surface area (TPSA) is 86.6 Å². The van der Waals surface area contributed by atoms with Gasteiger partial charge >= 0.3 is 5.97 Å². The highest BCUT2D eigenvalue weighted by Gasteiger charge is 2.18. The third-order valence-corrected chi connectivity index (χ3v) is 1.55. The molecule has 0 aromatic heterocycles. The van der Waals surface area contributed by atoms with Crippen molar-refractivity contribution in [3.05, 3.63) is 0 Å². The maximum atomic E-state index is 10.6. The Morgan fingerprint density at radius 3 is 2.23 bits per heavy atom. The van der Waals surface area contributed by atoms with Crippen molar-refractivity contribution in [2.75, 3.05) is 0 Å². The fraction of sp³-hybridized carbons (Fsp3) is 0.750. The van der Waals surface area contributed by atoms with E-state index in [-0.39, 0.29) is 12.3 Å². The Labute approximate surface area is 76.8 Å². The molecule has 0 aliphatic carbocycles. The van der Waals surface area contributed by atoms with Crippen molar-refractivity contribution in [2.45, 2.75) is 38.8 Å². The zero-order chi connectivity index (χ0) is 10.4. The summed E-state index contributed by atoms with van der Waals surface area (Å²) in [6.07, 6.45) is 0.0553. The van der Waals surface area contributed by atoms with Gasteiger partial charge in [-0.15, -0.1) is 0 Å². The maximum absolute atomic E-state index is 10.6. The van der Waals surface area contributed by atoms with Gasteiger partial charge < -0.3 is 15.5 Å². The molecule has 0 aliphatic heterocycles. The molecule has 0 spiro atoms. The first-order valence-corrected chi connectivity index (χ1v) is 4.11. The monoisotopic (exact) mass is 189 g/mol. The molecule has 13 heavy (non-hydrogen) atoms. The van der Waals surface area contributed by atoms with Crippen LogP contribution in [-0.2, 0) is 9.59 Å². The standard InChI is InChI=1S/C8H15NO4/c1-5(10)3-4-7(8(12)13)9-6(2)11/h5,7,10H,3-4H2,1-2H3,(H,9,11)(H,12,13). The van der Waals surface area contributed by atoms with Gasteiger partial charge in [0, 0.05) is 6.92 Å². The van der Waals surface area contributed by atoms with Gasteiger partial charge in [0.25, 0.3) is 0 Å². The average Bonchev–Trinajstić information content (AvgIpc) is 1.96. The van der Waals surface area contributed by atoms with E-state index in [1.165, 1.54) is 6.92 Å². The average molecular weight is 189 g/mol. The molecule has 0 aliphatic rings. The van der Waals surface area contributed by atoms with Crippen LogP contribution in [0.25, 0.3) is 0 Å². The van der Waals surface area contributed by atoms with Crippen LogP contribution < -0.4 is 5.32 Å². The first-order valence-electron chi connectivity index (χ1n) is 4.11. The predicted octanol–water partition coefficient (Wildman–Crippen LogP) is -0.263. The first kappa shape index (κ1) is 11.9. The largest absolute Gasteiger partial charge is 0.480 e. The van der Waals surface area contributed by atoms with Crippen molar-refractivity contribution in [1.82, 2.24) is 5.32 Å². The zero-order valence-corrected chi connectivity index (χ0v) is 7.78. The van der Waals surface area contributed by atoms with E-state index in [4.69, 9.17) is 10.2 Å². The van der Waals surface area contributed by atoms with Crippen LogP contribution in [0.5, 0.6) is 0 Å². The molecule has 3 N–H and O–H groups in total. The number of rotatable bonds is 5. The molecule has 0 saturated carbocycles. The summed E-state index contributed by atoms with van der Waals surface area (Å²) >= 11 is 0. The van der Waals surface area contributed by atoms with Crippen LogP contribution in [0.15, 0.2) is 0 Å². The quantitative estimate of drug-likeness (QED) is 0.556. The summed E-state index contributed by atoms with van der Waals surface area (Å²) in [7, 11) is 0. The SMILES string of the molecule is CC(=O)NC(CCC(C)O)C(=O)O. The number of aliphatic hydroxyl groups excluding tert-OH is 1. The number of carbonyl (C=O) groups excluding carboxylic acids is 1. The molecule has 5 nitrogen and oxygen atoms in total. The van der Waals surface area contributed by atoms with Gasteiger partial charge in [-0.05, 0) is 19.8 Å². The van der Waals surface area contributed by atoms with Gasteiger partial charge in [-0.1, -0.05) is 0 Å². The highest BCUT2D eigenvalue weighted by Crippen LogP contribution is 2.01. The molecule has 5 heteroatoms. The third-order valence-electron chi connectivity index (χ3n) is 1.55. The Hall–Kier alpha value is -1.10. The van der Waals surface area contributed by atoms with E-state index in [0.717, 1.165) is 0 Å². The Balaban J connectivity index is 3.95. The van der Waals surface area contributed by atoms with Crippen molar-refractivity contribution in [1.29, 1.82) is 0 Å². The van der Waals surface area contributed by atoms with Crippen LogP contribution in [0.3, 0.4) is 0 Å². The molecule has 0 fully saturated rings. The number of carboxylic acid groups (broad SMARTS) is 1. The Kier molecular flexibility index (Phi) is 5.06. The van der Waals surface area contributed by atoms with E-state index >= 15 is 0 Å². The molecular weight excluding hydrogens is 174 g/mol. The second-order valence-electron chi connectivity index (χ2n) is 3.02. The summed E-state index contributed by atoms with van der Waals surface area (Å²) in [5, 5.41) is 19.8. The molecule has 2 atom stereocenters. The molecule has 0 heterocycles. The zero-order valence-electron chi connectivity index (χ0n) is 7.78. The predicted molar refractivity (Wildman–Crippen MR) is 46.2 cm³/mol. The van der Waals surface area contributed by atoms with E-state index in [9.17, 15) is 9.59 Å². The Morgan fingerprint density at radius 1 is 1.38 bits per heavy atom. The fourth-order valence-electron chi connectivity index (χ4n) is 0.911. The lowest BCUT2D eigenvalue weighted by atomic mass is 10.1. The van der Waals surface area contributed by atoms with Gasteiger partial charge in [0.15, 0.2) is 0 Å². The van der Waals surface area contributed by atoms with Crippen LogP contribution in [0.1, 0.15) is 26.7 Å². The lowest BCUT2D eigenvalue weighted by molar-refractivity contribution is -0.141. The number of amides is 1. The van der Waals surface area contributed by atoms with Gasteiger partial charge in [-0.2, -0.15) is 0 Å². The molecule has 0 saturated heterocycles. The van der Waals surface area contributed by atoms with Gasteiger partial charge in [0.1, 0.15) is 6.04 Å². The van der Waals surface area contributed by atoms with Crippen LogP contribution >= 0.6 is 0 Å². The molecule has 0 bridgehead atoms. The summed E-state index contributed by atoms with van der Waals surface area (Å²) in [4.78, 5) is 21.1. The fourth-order valence-corrected chi connectivity index (χ4v) is 0.911. The van der Waals surface area contributed by atoms with Crippen molar-refractivity contribution >= 4 is 11.9 Å². The number of carbonyl (C=O) groups is 2. The first-order chi connectivity index (χ1) is 5.93. The molecule has 0 aromatic rings. The molecule has 0 radical (unpaired) electrons. The minimum absolute atomic E-state index is 0.243. The van der Waals surface area contributed by atoms with Crippen LogP contribution in [0.2, 0.25) is 0 Å². The smallest absolute Gasteiger partial charge is 0.326 e. The van der Waals surface area contributed by atoms with E-state index in [2.05, 4.69) is 5.32 Å². The second kappa shape index (κ2) is 5.53. The second-order valence-corrected chi connectivity index (χ2v) is 3.02. The van der Waals surface area contributed by atoms with Gasteiger partial charge in [-0.25, -0.2) is 4.79 Å². The molecule has 0 aromatic carbocycles. The summed E-state index contributed by atoms with van der Waals surface area (Å²) in [5.74, 6) is -1.45. The highest BCUT2D eigenvalue weighted by atomic mass is 16.4.